The Balaban J connectivity index is 2.34. The van der Waals surface area contributed by atoms with Crippen molar-refractivity contribution < 1.29 is 9.15 Å². The van der Waals surface area contributed by atoms with Gasteiger partial charge in [0.2, 0.25) is 5.89 Å². The first kappa shape index (κ1) is 10.7. The van der Waals surface area contributed by atoms with Gasteiger partial charge in [0.25, 0.3) is 0 Å². The fourth-order valence-corrected chi connectivity index (χ4v) is 1.47. The molecular weight excluding hydrogens is 204 g/mol. The van der Waals surface area contributed by atoms with Gasteiger partial charge in [-0.05, 0) is 31.2 Å². The maximum atomic E-state index is 5.55. The monoisotopic (exact) mass is 218 g/mol. The molecule has 1 heterocycles. The van der Waals surface area contributed by atoms with Gasteiger partial charge in [0.05, 0.1) is 19.3 Å². The third-order valence-corrected chi connectivity index (χ3v) is 2.42. The van der Waals surface area contributed by atoms with Crippen LogP contribution in [0.25, 0.3) is 11.5 Å². The standard InChI is InChI=1S/C12H14N2O2/c1-8-11(7-13)16-12(14-8)9-3-5-10(15-2)6-4-9/h3-6H,7,13H2,1-2H3. The molecule has 2 N–H and O–H groups in total. The highest BCUT2D eigenvalue weighted by Gasteiger charge is 2.09. The number of rotatable bonds is 3. The molecule has 0 bridgehead atoms. The van der Waals surface area contributed by atoms with Crippen molar-refractivity contribution in [3.63, 3.8) is 0 Å². The van der Waals surface area contributed by atoms with Crippen molar-refractivity contribution in [3.8, 4) is 17.2 Å². The molecule has 0 saturated carbocycles. The zero-order valence-corrected chi connectivity index (χ0v) is 9.36. The van der Waals surface area contributed by atoms with Gasteiger partial charge in [-0.15, -0.1) is 0 Å². The summed E-state index contributed by atoms with van der Waals surface area (Å²) in [6.45, 7) is 2.26. The van der Waals surface area contributed by atoms with Gasteiger partial charge < -0.3 is 14.9 Å². The van der Waals surface area contributed by atoms with Crippen LogP contribution in [-0.2, 0) is 6.54 Å². The van der Waals surface area contributed by atoms with E-state index in [1.54, 1.807) is 7.11 Å². The highest BCUT2D eigenvalue weighted by molar-refractivity contribution is 5.55. The summed E-state index contributed by atoms with van der Waals surface area (Å²) in [5, 5.41) is 0. The molecule has 1 aromatic heterocycles. The molecule has 1 aromatic carbocycles. The summed E-state index contributed by atoms with van der Waals surface area (Å²) >= 11 is 0. The fourth-order valence-electron chi connectivity index (χ4n) is 1.47. The average molecular weight is 218 g/mol. The Morgan fingerprint density at radius 2 is 2.00 bits per heavy atom. The number of nitrogens with zero attached hydrogens (tertiary/aromatic N) is 1. The van der Waals surface area contributed by atoms with Crippen LogP contribution in [0.5, 0.6) is 5.75 Å². The van der Waals surface area contributed by atoms with Crippen molar-refractivity contribution in [3.05, 3.63) is 35.7 Å². The van der Waals surface area contributed by atoms with Gasteiger partial charge in [0.15, 0.2) is 0 Å². The molecule has 0 aliphatic rings. The predicted molar refractivity (Wildman–Crippen MR) is 61.1 cm³/mol. The third kappa shape index (κ3) is 1.92. The maximum absolute atomic E-state index is 5.55. The summed E-state index contributed by atoms with van der Waals surface area (Å²) in [7, 11) is 1.64. The number of oxazole rings is 1. The first-order chi connectivity index (χ1) is 7.74. The highest BCUT2D eigenvalue weighted by atomic mass is 16.5. The summed E-state index contributed by atoms with van der Waals surface area (Å²) < 4.78 is 10.6. The number of ether oxygens (including phenoxy) is 1. The van der Waals surface area contributed by atoms with E-state index in [2.05, 4.69) is 4.98 Å². The molecule has 0 unspecified atom stereocenters. The Bertz CT molecular complexity index is 474. The van der Waals surface area contributed by atoms with Gasteiger partial charge in [-0.25, -0.2) is 4.98 Å². The Kier molecular flexibility index (Phi) is 2.92. The van der Waals surface area contributed by atoms with Crippen LogP contribution < -0.4 is 10.5 Å². The molecule has 84 valence electrons. The lowest BCUT2D eigenvalue weighted by atomic mass is 10.2. The Morgan fingerprint density at radius 3 is 2.50 bits per heavy atom. The molecule has 4 heteroatoms. The van der Waals surface area contributed by atoms with Gasteiger partial charge in [-0.3, -0.25) is 0 Å². The van der Waals surface area contributed by atoms with E-state index in [4.69, 9.17) is 14.9 Å². The summed E-state index contributed by atoms with van der Waals surface area (Å²) in [6, 6.07) is 7.56. The molecule has 2 rings (SSSR count). The molecule has 0 fully saturated rings. The zero-order chi connectivity index (χ0) is 11.5. The number of methoxy groups -OCH3 is 1. The molecule has 0 saturated heterocycles. The van der Waals surface area contributed by atoms with Crippen molar-refractivity contribution in [1.82, 2.24) is 4.98 Å². The van der Waals surface area contributed by atoms with Crippen molar-refractivity contribution in [2.45, 2.75) is 13.5 Å². The van der Waals surface area contributed by atoms with E-state index in [1.165, 1.54) is 0 Å². The second kappa shape index (κ2) is 4.37. The van der Waals surface area contributed by atoms with Gasteiger partial charge in [-0.2, -0.15) is 0 Å². The number of hydrogen-bond donors (Lipinski definition) is 1. The number of hydrogen-bond acceptors (Lipinski definition) is 4. The lowest BCUT2D eigenvalue weighted by molar-refractivity contribution is 0.415. The predicted octanol–water partition coefficient (Wildman–Crippen LogP) is 2.12. The molecule has 4 nitrogen and oxygen atoms in total. The van der Waals surface area contributed by atoms with Crippen LogP contribution in [0.2, 0.25) is 0 Å². The SMILES string of the molecule is COc1ccc(-c2nc(C)c(CN)o2)cc1. The van der Waals surface area contributed by atoms with Crippen LogP contribution in [0.4, 0.5) is 0 Å². The zero-order valence-electron chi connectivity index (χ0n) is 9.36. The molecule has 0 radical (unpaired) electrons. The summed E-state index contributed by atoms with van der Waals surface area (Å²) in [6.07, 6.45) is 0. The molecule has 0 spiro atoms. The van der Waals surface area contributed by atoms with E-state index < -0.39 is 0 Å². The van der Waals surface area contributed by atoms with E-state index >= 15 is 0 Å². The van der Waals surface area contributed by atoms with Crippen LogP contribution in [0.15, 0.2) is 28.7 Å². The average Bonchev–Trinajstić information content (AvgIpc) is 2.71. The number of benzene rings is 1. The fraction of sp³-hybridized carbons (Fsp3) is 0.250. The summed E-state index contributed by atoms with van der Waals surface area (Å²) in [5.74, 6) is 2.14. The third-order valence-electron chi connectivity index (χ3n) is 2.42. The summed E-state index contributed by atoms with van der Waals surface area (Å²) in [4.78, 5) is 4.32. The minimum absolute atomic E-state index is 0.370. The molecule has 0 aliphatic heterocycles. The van der Waals surface area contributed by atoms with Gasteiger partial charge in [0, 0.05) is 5.56 Å². The Morgan fingerprint density at radius 1 is 1.31 bits per heavy atom. The largest absolute Gasteiger partial charge is 0.497 e. The number of nitrogens with two attached hydrogens (primary N) is 1. The maximum Gasteiger partial charge on any atom is 0.226 e. The van der Waals surface area contributed by atoms with E-state index in [9.17, 15) is 0 Å². The minimum Gasteiger partial charge on any atom is -0.497 e. The second-order valence-electron chi connectivity index (χ2n) is 3.46. The highest BCUT2D eigenvalue weighted by Crippen LogP contribution is 2.23. The van der Waals surface area contributed by atoms with E-state index in [0.29, 0.717) is 12.4 Å². The second-order valence-corrected chi connectivity index (χ2v) is 3.46. The normalized spacial score (nSPS) is 10.4. The lowest BCUT2D eigenvalue weighted by Gasteiger charge is -1.99. The van der Waals surface area contributed by atoms with Gasteiger partial charge in [-0.1, -0.05) is 0 Å². The van der Waals surface area contributed by atoms with Crippen LogP contribution in [0.1, 0.15) is 11.5 Å². The first-order valence-electron chi connectivity index (χ1n) is 5.05. The van der Waals surface area contributed by atoms with Gasteiger partial charge in [0.1, 0.15) is 11.5 Å². The molecular formula is C12H14N2O2. The lowest BCUT2D eigenvalue weighted by Crippen LogP contribution is -1.95. The Labute approximate surface area is 94.1 Å². The van der Waals surface area contributed by atoms with E-state index in [-0.39, 0.29) is 0 Å². The quantitative estimate of drug-likeness (QED) is 0.857. The van der Waals surface area contributed by atoms with Gasteiger partial charge >= 0.3 is 0 Å². The van der Waals surface area contributed by atoms with Crippen LogP contribution in [0.3, 0.4) is 0 Å². The van der Waals surface area contributed by atoms with Crippen molar-refractivity contribution in [2.75, 3.05) is 7.11 Å². The molecule has 16 heavy (non-hydrogen) atoms. The summed E-state index contributed by atoms with van der Waals surface area (Å²) in [5.41, 5.74) is 7.29. The van der Waals surface area contributed by atoms with Crippen LogP contribution in [0, 0.1) is 6.92 Å². The van der Waals surface area contributed by atoms with E-state index in [0.717, 1.165) is 22.8 Å². The van der Waals surface area contributed by atoms with Crippen molar-refractivity contribution >= 4 is 0 Å². The topological polar surface area (TPSA) is 61.3 Å². The first-order valence-corrected chi connectivity index (χ1v) is 5.05. The van der Waals surface area contributed by atoms with Crippen LogP contribution in [-0.4, -0.2) is 12.1 Å². The molecule has 0 amide bonds. The molecule has 2 aromatic rings. The van der Waals surface area contributed by atoms with Crippen LogP contribution >= 0.6 is 0 Å². The molecule has 0 aliphatic carbocycles. The number of aromatic nitrogens is 1. The number of aryl methyl sites for hydroxylation is 1. The van der Waals surface area contributed by atoms with Crippen molar-refractivity contribution in [1.29, 1.82) is 0 Å². The Hall–Kier alpha value is -1.81. The molecule has 0 atom stereocenters. The van der Waals surface area contributed by atoms with Crippen molar-refractivity contribution in [2.24, 2.45) is 5.73 Å². The smallest absolute Gasteiger partial charge is 0.226 e. The van der Waals surface area contributed by atoms with E-state index in [1.807, 2.05) is 31.2 Å². The minimum atomic E-state index is 0.370.